The Morgan fingerprint density at radius 3 is 2.76 bits per heavy atom. The van der Waals surface area contributed by atoms with Crippen molar-refractivity contribution in [3.05, 3.63) is 10.6 Å². The Balaban J connectivity index is 1.83. The third-order valence-corrected chi connectivity index (χ3v) is 5.37. The molecule has 1 aromatic heterocycles. The topological polar surface area (TPSA) is 68.0 Å². The molecule has 0 fully saturated rings. The number of aromatic nitrogens is 1. The summed E-state index contributed by atoms with van der Waals surface area (Å²) >= 11 is 1.64. The van der Waals surface area contributed by atoms with E-state index in [1.165, 1.54) is 17.0 Å². The highest BCUT2D eigenvalue weighted by atomic mass is 32.1. The van der Waals surface area contributed by atoms with Crippen molar-refractivity contribution < 1.29 is 4.79 Å². The van der Waals surface area contributed by atoms with Gasteiger partial charge in [0.05, 0.1) is 5.69 Å². The van der Waals surface area contributed by atoms with Crippen molar-refractivity contribution in [1.29, 1.82) is 0 Å². The minimum absolute atomic E-state index is 0.0775. The summed E-state index contributed by atoms with van der Waals surface area (Å²) in [6.45, 7) is 7.34. The molecule has 1 aliphatic carbocycles. The van der Waals surface area contributed by atoms with E-state index in [1.54, 1.807) is 11.3 Å². The van der Waals surface area contributed by atoms with Gasteiger partial charge in [-0.3, -0.25) is 4.79 Å². The van der Waals surface area contributed by atoms with Gasteiger partial charge in [0.25, 0.3) is 0 Å². The lowest BCUT2D eigenvalue weighted by Crippen LogP contribution is -2.25. The first-order valence-corrected chi connectivity index (χ1v) is 8.70. The van der Waals surface area contributed by atoms with E-state index in [0.29, 0.717) is 18.9 Å². The van der Waals surface area contributed by atoms with Gasteiger partial charge >= 0.3 is 0 Å². The zero-order valence-electron chi connectivity index (χ0n) is 13.4. The van der Waals surface area contributed by atoms with Crippen molar-refractivity contribution in [2.24, 2.45) is 17.1 Å². The largest absolute Gasteiger partial charge is 0.330 e. The number of nitrogens with two attached hydrogens (primary N) is 1. The van der Waals surface area contributed by atoms with Gasteiger partial charge in [-0.15, -0.1) is 11.3 Å². The number of fused-ring (bicyclic) bond motifs is 1. The van der Waals surface area contributed by atoms with E-state index in [1.807, 2.05) is 0 Å². The molecular weight excluding hydrogens is 282 g/mol. The summed E-state index contributed by atoms with van der Waals surface area (Å²) in [6.07, 6.45) is 5.79. The number of carbonyl (C=O) groups excluding carboxylic acids is 1. The molecule has 0 aliphatic heterocycles. The Kier molecular flexibility index (Phi) is 5.38. The van der Waals surface area contributed by atoms with Crippen LogP contribution >= 0.6 is 11.3 Å². The average Bonchev–Trinajstić information content (AvgIpc) is 2.93. The van der Waals surface area contributed by atoms with Crippen LogP contribution in [-0.2, 0) is 17.6 Å². The molecule has 0 spiro atoms. The van der Waals surface area contributed by atoms with Gasteiger partial charge in [0.2, 0.25) is 5.91 Å². The Morgan fingerprint density at radius 1 is 1.38 bits per heavy atom. The maximum Gasteiger partial charge on any atom is 0.226 e. The molecule has 0 bridgehead atoms. The van der Waals surface area contributed by atoms with E-state index < -0.39 is 0 Å². The Bertz CT molecular complexity index is 469. The van der Waals surface area contributed by atoms with Gasteiger partial charge in [-0.2, -0.15) is 0 Å². The van der Waals surface area contributed by atoms with Gasteiger partial charge in [-0.05, 0) is 50.0 Å². The second-order valence-electron chi connectivity index (χ2n) is 6.97. The zero-order valence-corrected chi connectivity index (χ0v) is 14.2. The van der Waals surface area contributed by atoms with Gasteiger partial charge in [0.15, 0.2) is 5.13 Å². The van der Waals surface area contributed by atoms with Crippen LogP contribution in [0.4, 0.5) is 5.13 Å². The second-order valence-corrected chi connectivity index (χ2v) is 8.05. The highest BCUT2D eigenvalue weighted by Gasteiger charge is 2.24. The number of thiazole rings is 1. The van der Waals surface area contributed by atoms with Crippen molar-refractivity contribution in [2.75, 3.05) is 11.9 Å². The van der Waals surface area contributed by atoms with Crippen molar-refractivity contribution in [1.82, 2.24) is 4.98 Å². The maximum absolute atomic E-state index is 12.1. The van der Waals surface area contributed by atoms with Crippen LogP contribution in [-0.4, -0.2) is 17.4 Å². The predicted octanol–water partition coefficient (Wildman–Crippen LogP) is 3.36. The predicted molar refractivity (Wildman–Crippen MR) is 88.6 cm³/mol. The molecule has 1 unspecified atom stereocenters. The standard InChI is InChI=1S/C16H27N3OS/c1-16(2,3)11(9-10-17)7-8-14(20)19-15-18-12-5-4-6-13(12)21-15/h11H,4-10,17H2,1-3H3,(H,18,19,20). The highest BCUT2D eigenvalue weighted by molar-refractivity contribution is 7.15. The third kappa shape index (κ3) is 4.51. The van der Waals surface area contributed by atoms with Gasteiger partial charge < -0.3 is 11.1 Å². The molecule has 4 nitrogen and oxygen atoms in total. The van der Waals surface area contributed by atoms with Crippen LogP contribution in [0.15, 0.2) is 0 Å². The molecule has 1 heterocycles. The van der Waals surface area contributed by atoms with E-state index in [0.717, 1.165) is 30.8 Å². The molecule has 0 aromatic carbocycles. The smallest absolute Gasteiger partial charge is 0.226 e. The molecule has 0 radical (unpaired) electrons. The molecule has 5 heteroatoms. The van der Waals surface area contributed by atoms with E-state index >= 15 is 0 Å². The number of hydrogen-bond donors (Lipinski definition) is 2. The van der Waals surface area contributed by atoms with Crippen molar-refractivity contribution in [2.45, 2.75) is 59.3 Å². The number of nitrogens with one attached hydrogen (secondary N) is 1. The summed E-state index contributed by atoms with van der Waals surface area (Å²) in [5.41, 5.74) is 7.07. The van der Waals surface area contributed by atoms with Gasteiger partial charge in [-0.25, -0.2) is 4.98 Å². The molecule has 0 saturated heterocycles. The molecule has 0 saturated carbocycles. The highest BCUT2D eigenvalue weighted by Crippen LogP contribution is 2.33. The van der Waals surface area contributed by atoms with Gasteiger partial charge in [0, 0.05) is 11.3 Å². The summed E-state index contributed by atoms with van der Waals surface area (Å²) < 4.78 is 0. The average molecular weight is 309 g/mol. The summed E-state index contributed by atoms with van der Waals surface area (Å²) in [5, 5.41) is 3.73. The van der Waals surface area contributed by atoms with E-state index in [2.05, 4.69) is 31.1 Å². The fourth-order valence-corrected chi connectivity index (χ4v) is 4.01. The molecule has 2 rings (SSSR count). The van der Waals surface area contributed by atoms with E-state index in [-0.39, 0.29) is 11.3 Å². The van der Waals surface area contributed by atoms with E-state index in [9.17, 15) is 4.79 Å². The summed E-state index contributed by atoms with van der Waals surface area (Å²) in [6, 6.07) is 0. The van der Waals surface area contributed by atoms with E-state index in [4.69, 9.17) is 5.73 Å². The number of aryl methyl sites for hydroxylation is 2. The first-order chi connectivity index (χ1) is 9.90. The minimum atomic E-state index is 0.0775. The van der Waals surface area contributed by atoms with Gasteiger partial charge in [-0.1, -0.05) is 20.8 Å². The Labute approximate surface area is 131 Å². The number of carbonyl (C=O) groups is 1. The second kappa shape index (κ2) is 6.88. The lowest BCUT2D eigenvalue weighted by atomic mass is 9.76. The van der Waals surface area contributed by atoms with Crippen LogP contribution < -0.4 is 11.1 Å². The molecule has 1 aliphatic rings. The van der Waals surface area contributed by atoms with Crippen LogP contribution in [0.25, 0.3) is 0 Å². The molecule has 1 atom stereocenters. The molecule has 118 valence electrons. The van der Waals surface area contributed by atoms with Crippen LogP contribution in [0, 0.1) is 11.3 Å². The van der Waals surface area contributed by atoms with Gasteiger partial charge in [0.1, 0.15) is 0 Å². The summed E-state index contributed by atoms with van der Waals surface area (Å²) in [7, 11) is 0. The number of rotatable bonds is 6. The molecule has 1 aromatic rings. The van der Waals surface area contributed by atoms with Crippen LogP contribution in [0.2, 0.25) is 0 Å². The fraction of sp³-hybridized carbons (Fsp3) is 0.750. The SMILES string of the molecule is CC(C)(C)C(CCN)CCC(=O)Nc1nc2c(s1)CCC2. The molecule has 21 heavy (non-hydrogen) atoms. The number of nitrogens with zero attached hydrogens (tertiary/aromatic N) is 1. The molecular formula is C16H27N3OS. The minimum Gasteiger partial charge on any atom is -0.330 e. The monoisotopic (exact) mass is 309 g/mol. The van der Waals surface area contributed by atoms with Crippen molar-refractivity contribution in [3.8, 4) is 0 Å². The molecule has 1 amide bonds. The Hall–Kier alpha value is -0.940. The number of anilines is 1. The summed E-state index contributed by atoms with van der Waals surface area (Å²) in [5.74, 6) is 0.559. The number of hydrogen-bond acceptors (Lipinski definition) is 4. The lowest BCUT2D eigenvalue weighted by Gasteiger charge is -2.30. The number of amides is 1. The zero-order chi connectivity index (χ0) is 15.5. The summed E-state index contributed by atoms with van der Waals surface area (Å²) in [4.78, 5) is 18.0. The van der Waals surface area contributed by atoms with Crippen LogP contribution in [0.1, 0.15) is 57.0 Å². The van der Waals surface area contributed by atoms with Crippen molar-refractivity contribution >= 4 is 22.4 Å². The van der Waals surface area contributed by atoms with Crippen LogP contribution in [0.3, 0.4) is 0 Å². The fourth-order valence-electron chi connectivity index (χ4n) is 2.94. The third-order valence-electron chi connectivity index (χ3n) is 4.30. The lowest BCUT2D eigenvalue weighted by molar-refractivity contribution is -0.116. The first kappa shape index (κ1) is 16.4. The van der Waals surface area contributed by atoms with Crippen molar-refractivity contribution in [3.63, 3.8) is 0 Å². The van der Waals surface area contributed by atoms with Crippen LogP contribution in [0.5, 0.6) is 0 Å². The Morgan fingerprint density at radius 2 is 2.14 bits per heavy atom. The quantitative estimate of drug-likeness (QED) is 0.846. The molecule has 3 N–H and O–H groups in total. The first-order valence-electron chi connectivity index (χ1n) is 7.88. The maximum atomic E-state index is 12.1. The normalized spacial score (nSPS) is 15.8.